The van der Waals surface area contributed by atoms with Crippen LogP contribution in [0.2, 0.25) is 0 Å². The molecule has 0 saturated heterocycles. The van der Waals surface area contributed by atoms with Crippen LogP contribution in [0.1, 0.15) is 81.6 Å². The Morgan fingerprint density at radius 1 is 0.857 bits per heavy atom. The van der Waals surface area contributed by atoms with Gasteiger partial charge in [0.25, 0.3) is 5.91 Å². The van der Waals surface area contributed by atoms with Gasteiger partial charge in [-0.25, -0.2) is 15.0 Å². The van der Waals surface area contributed by atoms with Crippen LogP contribution in [0.4, 0.5) is 0 Å². The third-order valence-electron chi connectivity index (χ3n) is 3.25. The maximum absolute atomic E-state index is 12.1. The molecule has 0 bridgehead atoms. The van der Waals surface area contributed by atoms with Crippen LogP contribution in [0.25, 0.3) is 0 Å². The average Bonchev–Trinajstić information content (AvgIpc) is 2.50. The second kappa shape index (κ2) is 10.2. The van der Waals surface area contributed by atoms with Crippen molar-refractivity contribution >= 4 is 5.91 Å². The van der Waals surface area contributed by atoms with Crippen LogP contribution in [0.15, 0.2) is 0 Å². The van der Waals surface area contributed by atoms with E-state index in [0.29, 0.717) is 6.54 Å². The Labute approximate surface area is 128 Å². The molecule has 0 atom stereocenters. The number of aromatic nitrogens is 3. The minimum atomic E-state index is -0.179. The highest BCUT2D eigenvalue weighted by molar-refractivity contribution is 5.90. The standard InChI is InChI=1S/C16H28N4O/c1-4-7-10-13-18-14(11-8-5-2)20-15(19-13)16(21)17-12-9-6-3/h4-12H2,1-3H3,(H,17,21). The minimum Gasteiger partial charge on any atom is -0.349 e. The maximum Gasteiger partial charge on any atom is 0.289 e. The Hall–Kier alpha value is -1.52. The van der Waals surface area contributed by atoms with Crippen LogP contribution in [-0.2, 0) is 12.8 Å². The van der Waals surface area contributed by atoms with Crippen molar-refractivity contribution < 1.29 is 4.79 Å². The number of amides is 1. The highest BCUT2D eigenvalue weighted by Gasteiger charge is 2.13. The van der Waals surface area contributed by atoms with Gasteiger partial charge in [-0.2, -0.15) is 0 Å². The molecule has 21 heavy (non-hydrogen) atoms. The quantitative estimate of drug-likeness (QED) is 0.673. The van der Waals surface area contributed by atoms with E-state index in [-0.39, 0.29) is 11.7 Å². The molecule has 118 valence electrons. The Morgan fingerprint density at radius 3 is 1.86 bits per heavy atom. The Balaban J connectivity index is 2.81. The first-order chi connectivity index (χ1) is 10.2. The number of rotatable bonds is 10. The predicted molar refractivity (Wildman–Crippen MR) is 84.3 cm³/mol. The first-order valence-corrected chi connectivity index (χ1v) is 8.23. The van der Waals surface area contributed by atoms with Gasteiger partial charge in [-0.15, -0.1) is 0 Å². The molecule has 1 N–H and O–H groups in total. The third kappa shape index (κ3) is 6.65. The van der Waals surface area contributed by atoms with Gasteiger partial charge in [0.1, 0.15) is 11.6 Å². The van der Waals surface area contributed by atoms with Gasteiger partial charge in [-0.1, -0.05) is 40.0 Å². The normalized spacial score (nSPS) is 10.6. The van der Waals surface area contributed by atoms with Crippen LogP contribution in [-0.4, -0.2) is 27.4 Å². The van der Waals surface area contributed by atoms with Crippen molar-refractivity contribution in [3.63, 3.8) is 0 Å². The van der Waals surface area contributed by atoms with E-state index in [9.17, 15) is 4.79 Å². The van der Waals surface area contributed by atoms with Gasteiger partial charge < -0.3 is 5.32 Å². The summed E-state index contributed by atoms with van der Waals surface area (Å²) in [7, 11) is 0. The molecule has 0 unspecified atom stereocenters. The zero-order valence-corrected chi connectivity index (χ0v) is 13.6. The van der Waals surface area contributed by atoms with Crippen molar-refractivity contribution in [2.75, 3.05) is 6.54 Å². The minimum absolute atomic E-state index is 0.179. The molecule has 0 radical (unpaired) electrons. The smallest absolute Gasteiger partial charge is 0.289 e. The van der Waals surface area contributed by atoms with Crippen molar-refractivity contribution in [1.82, 2.24) is 20.3 Å². The summed E-state index contributed by atoms with van der Waals surface area (Å²) in [5.74, 6) is 1.59. The van der Waals surface area contributed by atoms with E-state index in [0.717, 1.165) is 63.0 Å². The van der Waals surface area contributed by atoms with Crippen LogP contribution >= 0.6 is 0 Å². The topological polar surface area (TPSA) is 67.8 Å². The lowest BCUT2D eigenvalue weighted by Crippen LogP contribution is -2.27. The van der Waals surface area contributed by atoms with Gasteiger partial charge in [0, 0.05) is 19.4 Å². The predicted octanol–water partition coefficient (Wildman–Crippen LogP) is 3.09. The number of carbonyl (C=O) groups excluding carboxylic acids is 1. The molecule has 0 aliphatic heterocycles. The van der Waals surface area contributed by atoms with E-state index in [1.54, 1.807) is 0 Å². The van der Waals surface area contributed by atoms with Crippen LogP contribution in [0.3, 0.4) is 0 Å². The Bertz CT molecular complexity index is 408. The number of carbonyl (C=O) groups is 1. The molecule has 5 heteroatoms. The molecule has 0 aliphatic carbocycles. The highest BCUT2D eigenvalue weighted by atomic mass is 16.2. The molecule has 0 saturated carbocycles. The van der Waals surface area contributed by atoms with Crippen molar-refractivity contribution in [2.24, 2.45) is 0 Å². The van der Waals surface area contributed by atoms with E-state index in [4.69, 9.17) is 0 Å². The number of hydrogen-bond donors (Lipinski definition) is 1. The monoisotopic (exact) mass is 292 g/mol. The average molecular weight is 292 g/mol. The van der Waals surface area contributed by atoms with E-state index < -0.39 is 0 Å². The summed E-state index contributed by atoms with van der Waals surface area (Å²) < 4.78 is 0. The van der Waals surface area contributed by atoms with Gasteiger partial charge in [-0.05, 0) is 19.3 Å². The lowest BCUT2D eigenvalue weighted by Gasteiger charge is -2.07. The van der Waals surface area contributed by atoms with E-state index in [1.807, 2.05) is 0 Å². The van der Waals surface area contributed by atoms with Crippen molar-refractivity contribution in [3.05, 3.63) is 17.5 Å². The molecule has 1 rings (SSSR count). The molecule has 1 aromatic rings. The lowest BCUT2D eigenvalue weighted by molar-refractivity contribution is 0.0941. The molecule has 1 aromatic heterocycles. The van der Waals surface area contributed by atoms with Gasteiger partial charge >= 0.3 is 0 Å². The number of unbranched alkanes of at least 4 members (excludes halogenated alkanes) is 3. The Morgan fingerprint density at radius 2 is 1.38 bits per heavy atom. The molecule has 1 heterocycles. The van der Waals surface area contributed by atoms with E-state index in [2.05, 4.69) is 41.0 Å². The molecule has 5 nitrogen and oxygen atoms in total. The SMILES string of the molecule is CCCCNC(=O)c1nc(CCCC)nc(CCCC)n1. The second-order valence-corrected chi connectivity index (χ2v) is 5.31. The first kappa shape index (κ1) is 17.5. The molecule has 0 fully saturated rings. The largest absolute Gasteiger partial charge is 0.349 e. The van der Waals surface area contributed by atoms with Gasteiger partial charge in [0.15, 0.2) is 0 Å². The number of nitrogens with zero attached hydrogens (tertiary/aromatic N) is 3. The van der Waals surface area contributed by atoms with Crippen LogP contribution < -0.4 is 5.32 Å². The van der Waals surface area contributed by atoms with E-state index in [1.165, 1.54) is 0 Å². The number of nitrogens with one attached hydrogen (secondary N) is 1. The van der Waals surface area contributed by atoms with E-state index >= 15 is 0 Å². The summed E-state index contributed by atoms with van der Waals surface area (Å²) in [6.07, 6.45) is 7.91. The molecule has 0 spiro atoms. The highest BCUT2D eigenvalue weighted by Crippen LogP contribution is 2.05. The number of hydrogen-bond acceptors (Lipinski definition) is 4. The van der Waals surface area contributed by atoms with Crippen molar-refractivity contribution in [2.45, 2.75) is 72.1 Å². The third-order valence-corrected chi connectivity index (χ3v) is 3.25. The summed E-state index contributed by atoms with van der Waals surface area (Å²) >= 11 is 0. The maximum atomic E-state index is 12.1. The first-order valence-electron chi connectivity index (χ1n) is 8.23. The Kier molecular flexibility index (Phi) is 8.55. The van der Waals surface area contributed by atoms with Crippen LogP contribution in [0, 0.1) is 0 Å². The van der Waals surface area contributed by atoms with Crippen molar-refractivity contribution in [1.29, 1.82) is 0 Å². The van der Waals surface area contributed by atoms with Crippen LogP contribution in [0.5, 0.6) is 0 Å². The summed E-state index contributed by atoms with van der Waals surface area (Å²) in [5, 5.41) is 2.87. The zero-order chi connectivity index (χ0) is 15.5. The van der Waals surface area contributed by atoms with Gasteiger partial charge in [-0.3, -0.25) is 4.79 Å². The molecular formula is C16H28N4O. The molecule has 1 amide bonds. The summed E-state index contributed by atoms with van der Waals surface area (Å²) in [4.78, 5) is 25.2. The lowest BCUT2D eigenvalue weighted by atomic mass is 10.2. The molecular weight excluding hydrogens is 264 g/mol. The fraction of sp³-hybridized carbons (Fsp3) is 0.750. The summed E-state index contributed by atoms with van der Waals surface area (Å²) in [6, 6.07) is 0. The fourth-order valence-corrected chi connectivity index (χ4v) is 1.92. The molecule has 0 aromatic carbocycles. The summed E-state index contributed by atoms with van der Waals surface area (Å²) in [5.41, 5.74) is 0. The molecule has 0 aliphatic rings. The number of aryl methyl sites for hydroxylation is 2. The summed E-state index contributed by atoms with van der Waals surface area (Å²) in [6.45, 7) is 7.05. The van der Waals surface area contributed by atoms with Gasteiger partial charge in [0.2, 0.25) is 5.82 Å². The second-order valence-electron chi connectivity index (χ2n) is 5.31. The van der Waals surface area contributed by atoms with Gasteiger partial charge in [0.05, 0.1) is 0 Å². The zero-order valence-electron chi connectivity index (χ0n) is 13.6. The van der Waals surface area contributed by atoms with Crippen molar-refractivity contribution in [3.8, 4) is 0 Å². The fourth-order valence-electron chi connectivity index (χ4n) is 1.92.